The van der Waals surface area contributed by atoms with Gasteiger partial charge in [-0.25, -0.2) is 4.98 Å². The van der Waals surface area contributed by atoms with Gasteiger partial charge in [-0.3, -0.25) is 4.79 Å². The third-order valence-electron chi connectivity index (χ3n) is 4.18. The van der Waals surface area contributed by atoms with Crippen molar-refractivity contribution in [3.05, 3.63) is 84.1 Å². The molecule has 0 unspecified atom stereocenters. The van der Waals surface area contributed by atoms with Gasteiger partial charge in [0.15, 0.2) is 0 Å². The molecule has 1 aromatic heterocycles. The highest BCUT2D eigenvalue weighted by atomic mass is 35.5. The number of benzene rings is 2. The number of hydrogen-bond donors (Lipinski definition) is 1. The second-order valence-electron chi connectivity index (χ2n) is 6.32. The van der Waals surface area contributed by atoms with Crippen LogP contribution in [0.5, 0.6) is 11.6 Å². The molecule has 0 radical (unpaired) electrons. The fourth-order valence-electron chi connectivity index (χ4n) is 2.67. The van der Waals surface area contributed by atoms with Gasteiger partial charge in [0.2, 0.25) is 5.88 Å². The molecule has 2 aromatic carbocycles. The van der Waals surface area contributed by atoms with Crippen LogP contribution in [-0.2, 0) is 6.61 Å². The second kappa shape index (κ2) is 11.1. The summed E-state index contributed by atoms with van der Waals surface area (Å²) in [7, 11) is 0. The molecule has 0 spiro atoms. The number of para-hydroxylation sites is 1. The molecule has 3 rings (SSSR count). The van der Waals surface area contributed by atoms with Crippen molar-refractivity contribution in [2.24, 2.45) is 0 Å². The van der Waals surface area contributed by atoms with Gasteiger partial charge >= 0.3 is 0 Å². The number of rotatable bonds is 10. The topological polar surface area (TPSA) is 60.5 Å². The number of amides is 1. The second-order valence-corrected chi connectivity index (χ2v) is 6.70. The van der Waals surface area contributed by atoms with Crippen molar-refractivity contribution in [2.75, 3.05) is 17.8 Å². The molecule has 1 heterocycles. The van der Waals surface area contributed by atoms with Crippen LogP contribution in [0.15, 0.2) is 72.9 Å². The number of hydrogen-bond acceptors (Lipinski definition) is 4. The number of unbranched alkanes of at least 4 members (excludes halogenated alkanes) is 1. The van der Waals surface area contributed by atoms with Crippen molar-refractivity contribution in [1.29, 1.82) is 0 Å². The minimum absolute atomic E-state index is 0.216. The largest absolute Gasteiger partial charge is 0.493 e. The van der Waals surface area contributed by atoms with Gasteiger partial charge in [0.25, 0.3) is 5.91 Å². The zero-order valence-electron chi connectivity index (χ0n) is 16.0. The van der Waals surface area contributed by atoms with E-state index >= 15 is 0 Å². The molecule has 0 saturated carbocycles. The van der Waals surface area contributed by atoms with Crippen LogP contribution in [0.2, 0.25) is 0 Å². The summed E-state index contributed by atoms with van der Waals surface area (Å²) in [5.74, 6) is 1.54. The van der Waals surface area contributed by atoms with Crippen LogP contribution in [0.1, 0.15) is 28.8 Å². The molecule has 29 heavy (non-hydrogen) atoms. The fraction of sp³-hybridized carbons (Fsp3) is 0.217. The quantitative estimate of drug-likeness (QED) is 0.363. The molecule has 150 valence electrons. The zero-order chi connectivity index (χ0) is 20.3. The maximum Gasteiger partial charge on any atom is 0.255 e. The molecule has 0 fully saturated rings. The summed E-state index contributed by atoms with van der Waals surface area (Å²) in [4.78, 5) is 16.7. The van der Waals surface area contributed by atoms with Crippen LogP contribution in [0, 0.1) is 0 Å². The Morgan fingerprint density at radius 1 is 0.931 bits per heavy atom. The average molecular weight is 411 g/mol. The number of carbonyl (C=O) groups is 1. The summed E-state index contributed by atoms with van der Waals surface area (Å²) >= 11 is 5.71. The van der Waals surface area contributed by atoms with E-state index in [2.05, 4.69) is 10.3 Å². The fourth-order valence-corrected chi connectivity index (χ4v) is 2.86. The molecule has 0 aliphatic heterocycles. The van der Waals surface area contributed by atoms with Crippen molar-refractivity contribution < 1.29 is 14.3 Å². The van der Waals surface area contributed by atoms with E-state index in [9.17, 15) is 4.79 Å². The molecular weight excluding hydrogens is 388 g/mol. The molecule has 6 heteroatoms. The standard InChI is InChI=1S/C23H23ClN2O3/c24-14-6-7-16-28-21-13-5-4-11-19(21)17-29-23-20(12-8-15-25-23)26-22(27)18-9-2-1-3-10-18/h1-5,8-13,15H,6-7,14,16-17H2,(H,26,27). The van der Waals surface area contributed by atoms with Crippen LogP contribution < -0.4 is 14.8 Å². The highest BCUT2D eigenvalue weighted by Crippen LogP contribution is 2.25. The highest BCUT2D eigenvalue weighted by Gasteiger charge is 2.12. The van der Waals surface area contributed by atoms with E-state index in [1.807, 2.05) is 42.5 Å². The number of ether oxygens (including phenoxy) is 2. The lowest BCUT2D eigenvalue weighted by atomic mass is 10.2. The minimum Gasteiger partial charge on any atom is -0.493 e. The number of alkyl halides is 1. The number of anilines is 1. The van der Waals surface area contributed by atoms with Crippen LogP contribution in [0.4, 0.5) is 5.69 Å². The van der Waals surface area contributed by atoms with E-state index in [1.54, 1.807) is 30.5 Å². The number of aromatic nitrogens is 1. The lowest BCUT2D eigenvalue weighted by Gasteiger charge is -2.14. The Kier molecular flexibility index (Phi) is 7.90. The van der Waals surface area contributed by atoms with Crippen LogP contribution >= 0.6 is 11.6 Å². The molecule has 5 nitrogen and oxygen atoms in total. The van der Waals surface area contributed by atoms with Gasteiger partial charge in [-0.05, 0) is 43.2 Å². The van der Waals surface area contributed by atoms with E-state index < -0.39 is 0 Å². The van der Waals surface area contributed by atoms with Gasteiger partial charge in [0.05, 0.1) is 6.61 Å². The van der Waals surface area contributed by atoms with Gasteiger partial charge in [0.1, 0.15) is 18.0 Å². The molecule has 3 aromatic rings. The first kappa shape index (κ1) is 20.7. The van der Waals surface area contributed by atoms with Crippen LogP contribution in [-0.4, -0.2) is 23.4 Å². The summed E-state index contributed by atoms with van der Waals surface area (Å²) in [6, 6.07) is 20.2. The van der Waals surface area contributed by atoms with E-state index in [1.165, 1.54) is 0 Å². The lowest BCUT2D eigenvalue weighted by Crippen LogP contribution is -2.13. The number of carbonyl (C=O) groups excluding carboxylic acids is 1. The Hall–Kier alpha value is -3.05. The Balaban J connectivity index is 1.65. The third kappa shape index (κ3) is 6.22. The molecule has 0 saturated heterocycles. The Morgan fingerprint density at radius 2 is 1.72 bits per heavy atom. The molecule has 0 bridgehead atoms. The highest BCUT2D eigenvalue weighted by molar-refractivity contribution is 6.17. The van der Waals surface area contributed by atoms with E-state index in [0.29, 0.717) is 29.6 Å². The molecule has 1 N–H and O–H groups in total. The predicted molar refractivity (Wildman–Crippen MR) is 115 cm³/mol. The minimum atomic E-state index is -0.216. The first-order chi connectivity index (χ1) is 14.3. The normalized spacial score (nSPS) is 10.4. The number of pyridine rings is 1. The summed E-state index contributed by atoms with van der Waals surface area (Å²) in [5.41, 5.74) is 1.99. The van der Waals surface area contributed by atoms with Gasteiger partial charge in [0, 0.05) is 23.2 Å². The zero-order valence-corrected chi connectivity index (χ0v) is 16.8. The molecule has 1 amide bonds. The maximum atomic E-state index is 12.4. The first-order valence-electron chi connectivity index (χ1n) is 9.49. The van der Waals surface area contributed by atoms with Crippen molar-refractivity contribution >= 4 is 23.2 Å². The summed E-state index contributed by atoms with van der Waals surface area (Å²) in [5, 5.41) is 2.86. The number of nitrogens with zero attached hydrogens (tertiary/aromatic N) is 1. The third-order valence-corrected chi connectivity index (χ3v) is 4.45. The monoisotopic (exact) mass is 410 g/mol. The number of nitrogens with one attached hydrogen (secondary N) is 1. The van der Waals surface area contributed by atoms with Crippen LogP contribution in [0.25, 0.3) is 0 Å². The van der Waals surface area contributed by atoms with Crippen molar-refractivity contribution in [3.8, 4) is 11.6 Å². The van der Waals surface area contributed by atoms with Crippen molar-refractivity contribution in [2.45, 2.75) is 19.4 Å². The summed E-state index contributed by atoms with van der Waals surface area (Å²) in [6.07, 6.45) is 3.44. The Morgan fingerprint density at radius 3 is 2.55 bits per heavy atom. The Labute approximate surface area is 175 Å². The summed E-state index contributed by atoms with van der Waals surface area (Å²) in [6.45, 7) is 0.878. The summed E-state index contributed by atoms with van der Waals surface area (Å²) < 4.78 is 11.8. The SMILES string of the molecule is O=C(Nc1cccnc1OCc1ccccc1OCCCCCl)c1ccccc1. The molecule has 0 aliphatic rings. The van der Waals surface area contributed by atoms with E-state index in [-0.39, 0.29) is 12.5 Å². The maximum absolute atomic E-state index is 12.4. The van der Waals surface area contributed by atoms with Gasteiger partial charge in [-0.1, -0.05) is 36.4 Å². The lowest BCUT2D eigenvalue weighted by molar-refractivity contribution is 0.102. The van der Waals surface area contributed by atoms with Gasteiger partial charge in [-0.15, -0.1) is 11.6 Å². The molecular formula is C23H23ClN2O3. The van der Waals surface area contributed by atoms with Gasteiger partial charge in [-0.2, -0.15) is 0 Å². The predicted octanol–water partition coefficient (Wildman–Crippen LogP) is 5.31. The molecule has 0 aliphatic carbocycles. The van der Waals surface area contributed by atoms with E-state index in [4.69, 9.17) is 21.1 Å². The first-order valence-corrected chi connectivity index (χ1v) is 10.0. The smallest absolute Gasteiger partial charge is 0.255 e. The van der Waals surface area contributed by atoms with Crippen LogP contribution in [0.3, 0.4) is 0 Å². The average Bonchev–Trinajstić information content (AvgIpc) is 2.77. The van der Waals surface area contributed by atoms with Gasteiger partial charge < -0.3 is 14.8 Å². The van der Waals surface area contributed by atoms with Crippen molar-refractivity contribution in [3.63, 3.8) is 0 Å². The molecule has 0 atom stereocenters. The van der Waals surface area contributed by atoms with Crippen molar-refractivity contribution in [1.82, 2.24) is 4.98 Å². The number of halogens is 1. The van der Waals surface area contributed by atoms with E-state index in [0.717, 1.165) is 24.2 Å². The Bertz CT molecular complexity index is 919.